The maximum absolute atomic E-state index is 5.62. The highest BCUT2D eigenvalue weighted by molar-refractivity contribution is 5.50. The predicted molar refractivity (Wildman–Crippen MR) is 66.4 cm³/mol. The zero-order valence-corrected chi connectivity index (χ0v) is 9.84. The second kappa shape index (κ2) is 4.32. The number of nitrogens with two attached hydrogens (primary N) is 2. The molecule has 0 fully saturated rings. The second-order valence-electron chi connectivity index (χ2n) is 3.87. The van der Waals surface area contributed by atoms with Gasteiger partial charge in [0.1, 0.15) is 17.4 Å². The van der Waals surface area contributed by atoms with Crippen LogP contribution in [0.1, 0.15) is 11.3 Å². The average molecular weight is 233 g/mol. The van der Waals surface area contributed by atoms with Gasteiger partial charge in [0.05, 0.1) is 6.26 Å². The zero-order valence-electron chi connectivity index (χ0n) is 9.84. The van der Waals surface area contributed by atoms with Crippen LogP contribution in [0, 0.1) is 6.92 Å². The van der Waals surface area contributed by atoms with Gasteiger partial charge in [-0.15, -0.1) is 0 Å². The number of nitrogen functional groups attached to an aromatic ring is 2. The van der Waals surface area contributed by atoms with E-state index in [0.29, 0.717) is 18.2 Å². The highest BCUT2D eigenvalue weighted by Gasteiger charge is 2.09. The third kappa shape index (κ3) is 2.47. The predicted octanol–water partition coefficient (Wildman–Crippen LogP) is 1.18. The number of hydrogen-bond donors (Lipinski definition) is 2. The van der Waals surface area contributed by atoms with Crippen molar-refractivity contribution in [2.24, 2.45) is 0 Å². The van der Waals surface area contributed by atoms with E-state index in [1.807, 2.05) is 24.9 Å². The summed E-state index contributed by atoms with van der Waals surface area (Å²) in [6, 6.07) is 3.62. The van der Waals surface area contributed by atoms with Crippen LogP contribution in [-0.4, -0.2) is 17.0 Å². The number of aromatic nitrogens is 2. The smallest absolute Gasteiger partial charge is 0.223 e. The summed E-state index contributed by atoms with van der Waals surface area (Å²) in [7, 11) is 1.91. The minimum absolute atomic E-state index is 0.177. The second-order valence-corrected chi connectivity index (χ2v) is 3.87. The molecule has 0 amide bonds. The molecular weight excluding hydrogens is 218 g/mol. The number of rotatable bonds is 3. The van der Waals surface area contributed by atoms with Gasteiger partial charge in [0.2, 0.25) is 5.95 Å². The van der Waals surface area contributed by atoms with Gasteiger partial charge < -0.3 is 20.8 Å². The van der Waals surface area contributed by atoms with Gasteiger partial charge in [-0.1, -0.05) is 0 Å². The molecule has 0 radical (unpaired) electrons. The van der Waals surface area contributed by atoms with Gasteiger partial charge in [0, 0.05) is 25.2 Å². The molecule has 2 aromatic rings. The Balaban J connectivity index is 2.20. The highest BCUT2D eigenvalue weighted by Crippen LogP contribution is 2.18. The van der Waals surface area contributed by atoms with Crippen molar-refractivity contribution in [1.82, 2.24) is 9.97 Å². The van der Waals surface area contributed by atoms with Crippen LogP contribution in [-0.2, 0) is 6.54 Å². The van der Waals surface area contributed by atoms with Crippen molar-refractivity contribution in [2.75, 3.05) is 23.4 Å². The first-order valence-electron chi connectivity index (χ1n) is 5.20. The van der Waals surface area contributed by atoms with Gasteiger partial charge in [0.25, 0.3) is 0 Å². The molecule has 6 heteroatoms. The van der Waals surface area contributed by atoms with E-state index in [1.165, 1.54) is 0 Å². The Bertz CT molecular complexity index is 502. The molecular formula is C11H15N5O. The molecule has 0 aliphatic rings. The molecule has 0 saturated heterocycles. The SMILES string of the molecule is Cc1occc1CN(C)c1cc(N)nc(N)n1. The van der Waals surface area contributed by atoms with E-state index in [0.717, 1.165) is 11.3 Å². The van der Waals surface area contributed by atoms with Gasteiger partial charge in [-0.3, -0.25) is 0 Å². The molecule has 0 unspecified atom stereocenters. The van der Waals surface area contributed by atoms with Gasteiger partial charge in [-0.05, 0) is 13.0 Å². The molecule has 0 atom stereocenters. The molecule has 90 valence electrons. The number of nitrogens with zero attached hydrogens (tertiary/aromatic N) is 3. The first-order chi connectivity index (χ1) is 8.06. The zero-order chi connectivity index (χ0) is 12.4. The summed E-state index contributed by atoms with van der Waals surface area (Å²) in [5, 5.41) is 0. The number of hydrogen-bond acceptors (Lipinski definition) is 6. The molecule has 0 aromatic carbocycles. The Kier molecular flexibility index (Phi) is 2.86. The molecule has 2 rings (SSSR count). The molecule has 0 bridgehead atoms. The lowest BCUT2D eigenvalue weighted by molar-refractivity contribution is 0.529. The molecule has 4 N–H and O–H groups in total. The maximum atomic E-state index is 5.62. The van der Waals surface area contributed by atoms with Crippen molar-refractivity contribution in [2.45, 2.75) is 13.5 Å². The molecule has 17 heavy (non-hydrogen) atoms. The van der Waals surface area contributed by atoms with Crippen LogP contribution in [0.5, 0.6) is 0 Å². The summed E-state index contributed by atoms with van der Waals surface area (Å²) in [5.41, 5.74) is 12.3. The van der Waals surface area contributed by atoms with Crippen molar-refractivity contribution < 1.29 is 4.42 Å². The Labute approximate surface area is 99.3 Å². The fourth-order valence-electron chi connectivity index (χ4n) is 1.58. The Hall–Kier alpha value is -2.24. The Morgan fingerprint density at radius 2 is 2.12 bits per heavy atom. The van der Waals surface area contributed by atoms with Gasteiger partial charge in [-0.2, -0.15) is 9.97 Å². The summed E-state index contributed by atoms with van der Waals surface area (Å²) < 4.78 is 5.24. The topological polar surface area (TPSA) is 94.2 Å². The van der Waals surface area contributed by atoms with Crippen molar-refractivity contribution in [3.8, 4) is 0 Å². The average Bonchev–Trinajstić information content (AvgIpc) is 2.63. The van der Waals surface area contributed by atoms with Crippen LogP contribution in [0.25, 0.3) is 0 Å². The van der Waals surface area contributed by atoms with Crippen LogP contribution in [0.4, 0.5) is 17.6 Å². The summed E-state index contributed by atoms with van der Waals surface area (Å²) in [6.45, 7) is 2.60. The van der Waals surface area contributed by atoms with Crippen molar-refractivity contribution >= 4 is 17.6 Å². The van der Waals surface area contributed by atoms with Gasteiger partial charge in [0.15, 0.2) is 0 Å². The fraction of sp³-hybridized carbons (Fsp3) is 0.273. The van der Waals surface area contributed by atoms with Crippen LogP contribution in [0.15, 0.2) is 22.8 Å². The van der Waals surface area contributed by atoms with E-state index in [4.69, 9.17) is 15.9 Å². The molecule has 0 spiro atoms. The first kappa shape index (κ1) is 11.3. The fourth-order valence-corrected chi connectivity index (χ4v) is 1.58. The molecule has 6 nitrogen and oxygen atoms in total. The van der Waals surface area contributed by atoms with Gasteiger partial charge >= 0.3 is 0 Å². The number of furan rings is 1. The maximum Gasteiger partial charge on any atom is 0.223 e. The van der Waals surface area contributed by atoms with E-state index >= 15 is 0 Å². The van der Waals surface area contributed by atoms with E-state index in [-0.39, 0.29) is 5.95 Å². The lowest BCUT2D eigenvalue weighted by Crippen LogP contribution is -2.19. The largest absolute Gasteiger partial charge is 0.469 e. The van der Waals surface area contributed by atoms with E-state index in [2.05, 4.69) is 9.97 Å². The van der Waals surface area contributed by atoms with E-state index in [9.17, 15) is 0 Å². The summed E-state index contributed by atoms with van der Waals surface area (Å²) >= 11 is 0. The minimum Gasteiger partial charge on any atom is -0.469 e. The highest BCUT2D eigenvalue weighted by atomic mass is 16.3. The van der Waals surface area contributed by atoms with Crippen LogP contribution < -0.4 is 16.4 Å². The lowest BCUT2D eigenvalue weighted by Gasteiger charge is -2.18. The summed E-state index contributed by atoms with van der Waals surface area (Å²) in [5.74, 6) is 2.13. The van der Waals surface area contributed by atoms with Crippen LogP contribution in [0.3, 0.4) is 0 Å². The van der Waals surface area contributed by atoms with Crippen LogP contribution >= 0.6 is 0 Å². The molecule has 2 heterocycles. The quantitative estimate of drug-likeness (QED) is 0.826. The molecule has 0 saturated carbocycles. The summed E-state index contributed by atoms with van der Waals surface area (Å²) in [4.78, 5) is 9.89. The normalized spacial score (nSPS) is 10.5. The molecule has 0 aliphatic carbocycles. The lowest BCUT2D eigenvalue weighted by atomic mass is 10.2. The third-order valence-electron chi connectivity index (χ3n) is 2.51. The minimum atomic E-state index is 0.177. The number of aryl methyl sites for hydroxylation is 1. The van der Waals surface area contributed by atoms with E-state index in [1.54, 1.807) is 12.3 Å². The number of anilines is 3. The van der Waals surface area contributed by atoms with Crippen molar-refractivity contribution in [1.29, 1.82) is 0 Å². The van der Waals surface area contributed by atoms with Gasteiger partial charge in [-0.25, -0.2) is 0 Å². The van der Waals surface area contributed by atoms with Crippen LogP contribution in [0.2, 0.25) is 0 Å². The molecule has 0 aliphatic heterocycles. The van der Waals surface area contributed by atoms with Crippen molar-refractivity contribution in [3.05, 3.63) is 29.7 Å². The van der Waals surface area contributed by atoms with E-state index < -0.39 is 0 Å². The van der Waals surface area contributed by atoms with Crippen molar-refractivity contribution in [3.63, 3.8) is 0 Å². The Morgan fingerprint density at radius 3 is 2.71 bits per heavy atom. The first-order valence-corrected chi connectivity index (χ1v) is 5.20. The standard InChI is InChI=1S/C11H15N5O/c1-7-8(3-4-17-7)6-16(2)10-5-9(12)14-11(13)15-10/h3-5H,6H2,1-2H3,(H4,12,13,14,15). The molecule has 2 aromatic heterocycles. The monoisotopic (exact) mass is 233 g/mol. The third-order valence-corrected chi connectivity index (χ3v) is 2.51. The summed E-state index contributed by atoms with van der Waals surface area (Å²) in [6.07, 6.45) is 1.67. The Morgan fingerprint density at radius 1 is 1.35 bits per heavy atom.